The van der Waals surface area contributed by atoms with Gasteiger partial charge in [-0.25, -0.2) is 8.42 Å². The molecule has 3 rings (SSSR count). The number of hydrogen-bond donors (Lipinski definition) is 3. The van der Waals surface area contributed by atoms with Gasteiger partial charge in [0.05, 0.1) is 0 Å². The maximum Gasteiger partial charge on any atom is 0.271 e. The van der Waals surface area contributed by atoms with Crippen molar-refractivity contribution in [2.45, 2.75) is 23.1 Å². The van der Waals surface area contributed by atoms with E-state index in [1.165, 1.54) is 6.07 Å². The number of nitrogens with one attached hydrogen (secondary N) is 3. The molecule has 1 amide bonds. The van der Waals surface area contributed by atoms with Gasteiger partial charge in [-0.2, -0.15) is 0 Å². The summed E-state index contributed by atoms with van der Waals surface area (Å²) in [5, 5.41) is 7.90. The van der Waals surface area contributed by atoms with E-state index in [0.29, 0.717) is 23.8 Å². The number of sulfonamides is 1. The largest absolute Gasteiger partial charge is 0.350 e. The molecule has 1 aromatic carbocycles. The number of carbonyl (C=O) groups excluding carboxylic acids is 1. The predicted molar refractivity (Wildman–Crippen MR) is 94.9 cm³/mol. The van der Waals surface area contributed by atoms with Crippen molar-refractivity contribution >= 4 is 33.0 Å². The monoisotopic (exact) mass is 365 g/mol. The number of amides is 1. The van der Waals surface area contributed by atoms with Crippen LogP contribution in [-0.4, -0.2) is 33.5 Å². The second-order valence-electron chi connectivity index (χ2n) is 5.62. The van der Waals surface area contributed by atoms with Crippen LogP contribution in [0.5, 0.6) is 0 Å². The first-order chi connectivity index (χ1) is 11.5. The van der Waals surface area contributed by atoms with Gasteiger partial charge in [-0.3, -0.25) is 9.52 Å². The van der Waals surface area contributed by atoms with Crippen molar-refractivity contribution in [3.63, 3.8) is 0 Å². The molecule has 0 radical (unpaired) electrons. The van der Waals surface area contributed by atoms with E-state index in [1.807, 2.05) is 0 Å². The third-order valence-electron chi connectivity index (χ3n) is 3.81. The van der Waals surface area contributed by atoms with Crippen molar-refractivity contribution in [2.75, 3.05) is 17.8 Å². The van der Waals surface area contributed by atoms with Gasteiger partial charge in [-0.1, -0.05) is 12.1 Å². The number of anilines is 1. The molecule has 1 aliphatic heterocycles. The van der Waals surface area contributed by atoms with Crippen LogP contribution >= 0.6 is 11.3 Å². The Bertz CT molecular complexity index is 798. The molecule has 1 aliphatic rings. The Kier molecular flexibility index (Phi) is 5.17. The molecule has 0 bridgehead atoms. The number of carbonyl (C=O) groups is 1. The molecule has 1 atom stereocenters. The van der Waals surface area contributed by atoms with E-state index in [0.717, 1.165) is 30.7 Å². The van der Waals surface area contributed by atoms with E-state index in [2.05, 4.69) is 15.4 Å². The van der Waals surface area contributed by atoms with Crippen LogP contribution in [0.15, 0.2) is 46.0 Å². The molecule has 0 aliphatic carbocycles. The maximum absolute atomic E-state index is 12.2. The van der Waals surface area contributed by atoms with E-state index >= 15 is 0 Å². The lowest BCUT2D eigenvalue weighted by atomic mass is 10.2. The molecular weight excluding hydrogens is 346 g/mol. The molecule has 0 spiro atoms. The van der Waals surface area contributed by atoms with Crippen molar-refractivity contribution in [1.82, 2.24) is 10.6 Å². The van der Waals surface area contributed by atoms with Crippen LogP contribution < -0.4 is 15.4 Å². The zero-order valence-corrected chi connectivity index (χ0v) is 14.6. The molecule has 1 fully saturated rings. The van der Waals surface area contributed by atoms with Gasteiger partial charge in [0.25, 0.3) is 15.9 Å². The minimum absolute atomic E-state index is 0.208. The second-order valence-corrected chi connectivity index (χ2v) is 8.48. The predicted octanol–water partition coefficient (Wildman–Crippen LogP) is 2.03. The van der Waals surface area contributed by atoms with Gasteiger partial charge in [0.1, 0.15) is 4.21 Å². The van der Waals surface area contributed by atoms with Crippen molar-refractivity contribution in [3.05, 3.63) is 47.3 Å². The molecule has 24 heavy (non-hydrogen) atoms. The van der Waals surface area contributed by atoms with Crippen LogP contribution in [0.3, 0.4) is 0 Å². The van der Waals surface area contributed by atoms with Gasteiger partial charge < -0.3 is 10.6 Å². The first-order valence-electron chi connectivity index (χ1n) is 7.72. The Morgan fingerprint density at radius 3 is 2.88 bits per heavy atom. The summed E-state index contributed by atoms with van der Waals surface area (Å²) < 4.78 is 27.2. The minimum Gasteiger partial charge on any atom is -0.350 e. The topological polar surface area (TPSA) is 87.3 Å². The SMILES string of the molecule is O=C(NCC1CCCN1)c1cccc(NS(=O)(=O)c2cccs2)c1. The third kappa shape index (κ3) is 4.14. The highest BCUT2D eigenvalue weighted by Gasteiger charge is 2.17. The quantitative estimate of drug-likeness (QED) is 0.731. The molecule has 2 aromatic rings. The highest BCUT2D eigenvalue weighted by atomic mass is 32.2. The van der Waals surface area contributed by atoms with E-state index < -0.39 is 10.0 Å². The molecule has 128 valence electrons. The number of benzene rings is 1. The summed E-state index contributed by atoms with van der Waals surface area (Å²) in [6.45, 7) is 1.56. The summed E-state index contributed by atoms with van der Waals surface area (Å²) in [6, 6.07) is 10.0. The van der Waals surface area contributed by atoms with Crippen LogP contribution in [0.25, 0.3) is 0 Å². The van der Waals surface area contributed by atoms with Crippen molar-refractivity contribution < 1.29 is 13.2 Å². The molecule has 8 heteroatoms. The molecule has 1 aromatic heterocycles. The summed E-state index contributed by atoms with van der Waals surface area (Å²) in [5.74, 6) is -0.208. The Morgan fingerprint density at radius 2 is 2.17 bits per heavy atom. The van der Waals surface area contributed by atoms with E-state index in [9.17, 15) is 13.2 Å². The van der Waals surface area contributed by atoms with Gasteiger partial charge in [0.15, 0.2) is 0 Å². The summed E-state index contributed by atoms with van der Waals surface area (Å²) in [7, 11) is -3.61. The molecular formula is C16H19N3O3S2. The fraction of sp³-hybridized carbons (Fsp3) is 0.312. The fourth-order valence-electron chi connectivity index (χ4n) is 2.59. The number of hydrogen-bond acceptors (Lipinski definition) is 5. The Morgan fingerprint density at radius 1 is 1.29 bits per heavy atom. The zero-order chi connectivity index (χ0) is 17.0. The van der Waals surface area contributed by atoms with E-state index in [1.54, 1.807) is 35.7 Å². The first kappa shape index (κ1) is 16.9. The smallest absolute Gasteiger partial charge is 0.271 e. The molecule has 3 N–H and O–H groups in total. The molecule has 1 saturated heterocycles. The van der Waals surface area contributed by atoms with Gasteiger partial charge in [0.2, 0.25) is 0 Å². The van der Waals surface area contributed by atoms with Gasteiger partial charge in [-0.15, -0.1) is 11.3 Å². The number of thiophene rings is 1. The van der Waals surface area contributed by atoms with Crippen LogP contribution in [0.1, 0.15) is 23.2 Å². The molecule has 6 nitrogen and oxygen atoms in total. The first-order valence-corrected chi connectivity index (χ1v) is 10.1. The molecule has 2 heterocycles. The average Bonchev–Trinajstić information content (AvgIpc) is 3.26. The van der Waals surface area contributed by atoms with Gasteiger partial charge in [-0.05, 0) is 49.0 Å². The minimum atomic E-state index is -3.61. The summed E-state index contributed by atoms with van der Waals surface area (Å²) >= 11 is 1.15. The lowest BCUT2D eigenvalue weighted by Crippen LogP contribution is -2.37. The normalized spacial score (nSPS) is 17.6. The maximum atomic E-state index is 12.2. The van der Waals surface area contributed by atoms with Gasteiger partial charge in [0, 0.05) is 23.8 Å². The summed E-state index contributed by atoms with van der Waals surface area (Å²) in [4.78, 5) is 12.2. The van der Waals surface area contributed by atoms with Crippen LogP contribution in [0.2, 0.25) is 0 Å². The van der Waals surface area contributed by atoms with E-state index in [4.69, 9.17) is 0 Å². The lowest BCUT2D eigenvalue weighted by Gasteiger charge is -2.12. The third-order valence-corrected chi connectivity index (χ3v) is 6.59. The zero-order valence-electron chi connectivity index (χ0n) is 13.0. The van der Waals surface area contributed by atoms with Crippen molar-refractivity contribution in [3.8, 4) is 0 Å². The highest BCUT2D eigenvalue weighted by Crippen LogP contribution is 2.20. The van der Waals surface area contributed by atoms with Crippen LogP contribution in [-0.2, 0) is 10.0 Å². The lowest BCUT2D eigenvalue weighted by molar-refractivity contribution is 0.0950. The second kappa shape index (κ2) is 7.33. The Hall–Kier alpha value is -1.90. The summed E-state index contributed by atoms with van der Waals surface area (Å²) in [5.41, 5.74) is 0.800. The average molecular weight is 365 g/mol. The highest BCUT2D eigenvalue weighted by molar-refractivity contribution is 7.94. The van der Waals surface area contributed by atoms with Crippen molar-refractivity contribution in [1.29, 1.82) is 0 Å². The Balaban J connectivity index is 1.66. The Labute approximate surface area is 145 Å². The standard InChI is InChI=1S/C16H19N3O3S2/c20-16(18-11-14-6-2-8-17-14)12-4-1-5-13(10-12)19-24(21,22)15-7-3-9-23-15/h1,3-5,7,9-10,14,17,19H,2,6,8,11H2,(H,18,20). The molecule has 0 saturated carbocycles. The van der Waals surface area contributed by atoms with E-state index in [-0.39, 0.29) is 10.1 Å². The van der Waals surface area contributed by atoms with Crippen LogP contribution in [0, 0.1) is 0 Å². The fourth-order valence-corrected chi connectivity index (χ4v) is 4.64. The number of rotatable bonds is 6. The van der Waals surface area contributed by atoms with Crippen molar-refractivity contribution in [2.24, 2.45) is 0 Å². The summed E-state index contributed by atoms with van der Waals surface area (Å²) in [6.07, 6.45) is 2.18. The molecule has 1 unspecified atom stereocenters. The van der Waals surface area contributed by atoms with Gasteiger partial charge >= 0.3 is 0 Å². The van der Waals surface area contributed by atoms with Crippen LogP contribution in [0.4, 0.5) is 5.69 Å².